The molecule has 3 rings (SSSR count). The fraction of sp³-hybridized carbons (Fsp3) is 0.211. The van der Waals surface area contributed by atoms with E-state index in [1.807, 2.05) is 18.2 Å². The van der Waals surface area contributed by atoms with Crippen molar-refractivity contribution >= 4 is 28.2 Å². The van der Waals surface area contributed by atoms with Crippen molar-refractivity contribution in [2.45, 2.75) is 19.8 Å². The molecule has 0 radical (unpaired) electrons. The molecule has 0 aliphatic rings. The van der Waals surface area contributed by atoms with Gasteiger partial charge >= 0.3 is 0 Å². The molecule has 0 unspecified atom stereocenters. The predicted molar refractivity (Wildman–Crippen MR) is 101 cm³/mol. The second-order valence-electron chi connectivity index (χ2n) is 5.77. The maximum atomic E-state index is 12.9. The van der Waals surface area contributed by atoms with E-state index in [9.17, 15) is 9.18 Å². The lowest BCUT2D eigenvalue weighted by Gasteiger charge is -2.04. The zero-order valence-corrected chi connectivity index (χ0v) is 15.1. The number of carbonyl (C=O) groups is 1. The number of halogens is 1. The number of nitrogens with one attached hydrogen (secondary N) is 2. The van der Waals surface area contributed by atoms with E-state index in [2.05, 4.69) is 32.7 Å². The van der Waals surface area contributed by atoms with Crippen LogP contribution in [0.2, 0.25) is 0 Å². The number of hydrogen-bond donors (Lipinski definition) is 2. The van der Waals surface area contributed by atoms with Crippen LogP contribution in [0.15, 0.2) is 48.7 Å². The van der Waals surface area contributed by atoms with Crippen molar-refractivity contribution in [1.29, 1.82) is 0 Å². The summed E-state index contributed by atoms with van der Waals surface area (Å²) in [6, 6.07) is 13.0. The summed E-state index contributed by atoms with van der Waals surface area (Å²) in [7, 11) is 0. The summed E-state index contributed by atoms with van der Waals surface area (Å²) in [5, 5.41) is 6.47. The number of amides is 1. The molecule has 0 spiro atoms. The van der Waals surface area contributed by atoms with Gasteiger partial charge in [-0.2, -0.15) is 0 Å². The van der Waals surface area contributed by atoms with E-state index in [4.69, 9.17) is 0 Å². The quantitative estimate of drug-likeness (QED) is 0.615. The Morgan fingerprint density at radius 2 is 2.00 bits per heavy atom. The van der Waals surface area contributed by atoms with Crippen LogP contribution in [0.5, 0.6) is 0 Å². The van der Waals surface area contributed by atoms with Crippen molar-refractivity contribution in [3.8, 4) is 0 Å². The number of aromatic nitrogens is 2. The highest BCUT2D eigenvalue weighted by atomic mass is 32.1. The molecule has 7 heteroatoms. The smallest absolute Gasteiger partial charge is 0.263 e. The maximum absolute atomic E-state index is 12.9. The first kappa shape index (κ1) is 18.0. The van der Waals surface area contributed by atoms with Crippen LogP contribution < -0.4 is 10.6 Å². The van der Waals surface area contributed by atoms with Gasteiger partial charge in [0.15, 0.2) is 5.13 Å². The fourth-order valence-electron chi connectivity index (χ4n) is 2.44. The van der Waals surface area contributed by atoms with Crippen LogP contribution in [0.25, 0.3) is 0 Å². The minimum atomic E-state index is -0.401. The Bertz CT molecular complexity index is 865. The Hall–Kier alpha value is -2.80. The summed E-state index contributed by atoms with van der Waals surface area (Å²) in [6.45, 7) is 2.39. The van der Waals surface area contributed by atoms with Crippen LogP contribution in [0.4, 0.5) is 15.3 Å². The Morgan fingerprint density at radius 1 is 1.19 bits per heavy atom. The molecule has 0 fully saturated rings. The van der Waals surface area contributed by atoms with Gasteiger partial charge in [-0.3, -0.25) is 4.79 Å². The Kier molecular flexibility index (Phi) is 5.91. The van der Waals surface area contributed by atoms with Crippen LogP contribution in [0.3, 0.4) is 0 Å². The highest BCUT2D eigenvalue weighted by molar-refractivity contribution is 7.17. The van der Waals surface area contributed by atoms with Crippen LogP contribution in [0.1, 0.15) is 27.3 Å². The monoisotopic (exact) mass is 370 g/mol. The number of hydrogen-bond acceptors (Lipinski definition) is 5. The molecule has 5 nitrogen and oxygen atoms in total. The Balaban J connectivity index is 1.52. The van der Waals surface area contributed by atoms with Gasteiger partial charge in [0, 0.05) is 6.54 Å². The molecule has 0 aliphatic heterocycles. The van der Waals surface area contributed by atoms with Gasteiger partial charge in [0.2, 0.25) is 0 Å². The van der Waals surface area contributed by atoms with E-state index in [1.165, 1.54) is 29.0 Å². The summed E-state index contributed by atoms with van der Waals surface area (Å²) >= 11 is 1.25. The van der Waals surface area contributed by atoms with Crippen molar-refractivity contribution in [2.24, 2.45) is 0 Å². The van der Waals surface area contributed by atoms with Gasteiger partial charge in [-0.25, -0.2) is 14.4 Å². The number of nitrogens with zero attached hydrogens (tertiary/aromatic N) is 2. The first-order chi connectivity index (χ1) is 12.6. The Morgan fingerprint density at radius 3 is 2.73 bits per heavy atom. The molecule has 3 aromatic rings. The van der Waals surface area contributed by atoms with Crippen LogP contribution in [-0.4, -0.2) is 22.4 Å². The second kappa shape index (κ2) is 8.53. The van der Waals surface area contributed by atoms with Gasteiger partial charge in [-0.05, 0) is 37.5 Å². The average molecular weight is 370 g/mol. The number of rotatable bonds is 7. The van der Waals surface area contributed by atoms with Crippen molar-refractivity contribution in [3.05, 3.63) is 70.6 Å². The molecule has 2 aromatic heterocycles. The van der Waals surface area contributed by atoms with E-state index in [0.29, 0.717) is 28.1 Å². The third-order valence-electron chi connectivity index (χ3n) is 3.74. The van der Waals surface area contributed by atoms with Crippen LogP contribution in [-0.2, 0) is 6.42 Å². The first-order valence-electron chi connectivity index (χ1n) is 8.30. The standard InChI is InChI=1S/C19H19FN4OS/c1-13-17(18(25)21-11-5-8-14-6-3-2-4-7-14)26-19(23-13)24-16-10-9-15(20)12-22-16/h2-4,6-7,9-10,12H,5,8,11H2,1H3,(H,21,25)(H,22,23,24). The summed E-state index contributed by atoms with van der Waals surface area (Å²) < 4.78 is 12.9. The molecule has 1 aromatic carbocycles. The second-order valence-corrected chi connectivity index (χ2v) is 6.76. The fourth-order valence-corrected chi connectivity index (χ4v) is 3.33. The van der Waals surface area contributed by atoms with E-state index in [0.717, 1.165) is 19.0 Å². The highest BCUT2D eigenvalue weighted by Crippen LogP contribution is 2.25. The lowest BCUT2D eigenvalue weighted by atomic mass is 10.1. The summed E-state index contributed by atoms with van der Waals surface area (Å²) in [5.74, 6) is -0.0513. The molecule has 1 amide bonds. The SMILES string of the molecule is Cc1nc(Nc2ccc(F)cn2)sc1C(=O)NCCCc1ccccc1. The van der Waals surface area contributed by atoms with Gasteiger partial charge in [-0.1, -0.05) is 41.7 Å². The lowest BCUT2D eigenvalue weighted by molar-refractivity contribution is 0.0956. The number of aryl methyl sites for hydroxylation is 2. The number of pyridine rings is 1. The molecule has 0 bridgehead atoms. The zero-order chi connectivity index (χ0) is 18.4. The minimum Gasteiger partial charge on any atom is -0.351 e. The Labute approximate surface area is 155 Å². The van der Waals surface area contributed by atoms with Crippen molar-refractivity contribution in [3.63, 3.8) is 0 Å². The van der Waals surface area contributed by atoms with Crippen LogP contribution >= 0.6 is 11.3 Å². The topological polar surface area (TPSA) is 66.9 Å². The van der Waals surface area contributed by atoms with Gasteiger partial charge in [0.05, 0.1) is 11.9 Å². The van der Waals surface area contributed by atoms with E-state index >= 15 is 0 Å². The number of anilines is 2. The molecule has 134 valence electrons. The molecule has 0 aliphatic carbocycles. The molecule has 0 saturated carbocycles. The molecular formula is C19H19FN4OS. The molecular weight excluding hydrogens is 351 g/mol. The van der Waals surface area contributed by atoms with E-state index in [-0.39, 0.29) is 5.91 Å². The maximum Gasteiger partial charge on any atom is 0.263 e. The molecule has 0 atom stereocenters. The number of benzene rings is 1. The molecule has 2 N–H and O–H groups in total. The summed E-state index contributed by atoms with van der Waals surface area (Å²) in [5.41, 5.74) is 1.91. The molecule has 26 heavy (non-hydrogen) atoms. The van der Waals surface area contributed by atoms with E-state index < -0.39 is 5.82 Å². The van der Waals surface area contributed by atoms with Crippen molar-refractivity contribution in [2.75, 3.05) is 11.9 Å². The van der Waals surface area contributed by atoms with Gasteiger partial charge in [0.1, 0.15) is 16.5 Å². The third kappa shape index (κ3) is 4.86. The van der Waals surface area contributed by atoms with Gasteiger partial charge in [0.25, 0.3) is 5.91 Å². The highest BCUT2D eigenvalue weighted by Gasteiger charge is 2.15. The van der Waals surface area contributed by atoms with Crippen molar-refractivity contribution in [1.82, 2.24) is 15.3 Å². The van der Waals surface area contributed by atoms with Crippen LogP contribution in [0, 0.1) is 12.7 Å². The van der Waals surface area contributed by atoms with Gasteiger partial charge < -0.3 is 10.6 Å². The number of carbonyl (C=O) groups excluding carboxylic acids is 1. The largest absolute Gasteiger partial charge is 0.351 e. The summed E-state index contributed by atoms with van der Waals surface area (Å²) in [4.78, 5) is 21.2. The normalized spacial score (nSPS) is 10.5. The predicted octanol–water partition coefficient (Wildman–Crippen LogP) is 4.09. The number of thiazole rings is 1. The average Bonchev–Trinajstić information content (AvgIpc) is 3.02. The van der Waals surface area contributed by atoms with Gasteiger partial charge in [-0.15, -0.1) is 0 Å². The molecule has 0 saturated heterocycles. The summed E-state index contributed by atoms with van der Waals surface area (Å²) in [6.07, 6.45) is 2.92. The third-order valence-corrected chi connectivity index (χ3v) is 4.81. The van der Waals surface area contributed by atoms with Crippen molar-refractivity contribution < 1.29 is 9.18 Å². The molecule has 2 heterocycles. The first-order valence-corrected chi connectivity index (χ1v) is 9.11. The minimum absolute atomic E-state index is 0.131. The van der Waals surface area contributed by atoms with E-state index in [1.54, 1.807) is 6.92 Å². The zero-order valence-electron chi connectivity index (χ0n) is 14.3. The lowest BCUT2D eigenvalue weighted by Crippen LogP contribution is -2.24.